The molecule has 0 aliphatic carbocycles. The number of rotatable bonds is 4. The van der Waals surface area contributed by atoms with Crippen molar-refractivity contribution in [2.75, 3.05) is 14.1 Å². The van der Waals surface area contributed by atoms with Crippen LogP contribution in [0.1, 0.15) is 10.4 Å². The first-order valence-corrected chi connectivity index (χ1v) is 9.27. The van der Waals surface area contributed by atoms with Gasteiger partial charge in [-0.2, -0.15) is 0 Å². The first-order chi connectivity index (χ1) is 11.3. The summed E-state index contributed by atoms with van der Waals surface area (Å²) in [5, 5.41) is 11.7. The maximum atomic E-state index is 12.3. The molecule has 24 heavy (non-hydrogen) atoms. The maximum absolute atomic E-state index is 12.3. The predicted octanol–water partition coefficient (Wildman–Crippen LogP) is 2.91. The molecule has 0 bridgehead atoms. The quantitative estimate of drug-likeness (QED) is 0.771. The lowest BCUT2D eigenvalue weighted by Crippen LogP contribution is -2.22. The van der Waals surface area contributed by atoms with E-state index in [4.69, 9.17) is 0 Å². The number of pyridine rings is 1. The number of carboxylic acids is 1. The average molecular weight is 362 g/mol. The molecule has 3 aromatic rings. The normalized spacial score (nSPS) is 12.0. The number of benzene rings is 1. The van der Waals surface area contributed by atoms with Crippen LogP contribution in [0.2, 0.25) is 0 Å². The first kappa shape index (κ1) is 16.6. The van der Waals surface area contributed by atoms with E-state index in [2.05, 4.69) is 4.98 Å². The summed E-state index contributed by atoms with van der Waals surface area (Å²) in [7, 11) is -0.797. The van der Waals surface area contributed by atoms with Crippen molar-refractivity contribution in [3.8, 4) is 10.6 Å². The van der Waals surface area contributed by atoms with Crippen LogP contribution < -0.4 is 0 Å². The number of carboxylic acid groups (broad SMARTS) is 1. The molecule has 6 nitrogen and oxygen atoms in total. The number of sulfonamides is 1. The number of fused-ring (bicyclic) bond motifs is 1. The van der Waals surface area contributed by atoms with Gasteiger partial charge in [0.05, 0.1) is 26.5 Å². The molecule has 8 heteroatoms. The highest BCUT2D eigenvalue weighted by Gasteiger charge is 2.20. The Bertz CT molecular complexity index is 1030. The van der Waals surface area contributed by atoms with Gasteiger partial charge in [-0.25, -0.2) is 22.5 Å². The van der Waals surface area contributed by atoms with Crippen LogP contribution >= 0.6 is 11.3 Å². The summed E-state index contributed by atoms with van der Waals surface area (Å²) in [6, 6.07) is 9.53. The van der Waals surface area contributed by atoms with Crippen LogP contribution in [0.25, 0.3) is 21.5 Å². The third-order valence-electron chi connectivity index (χ3n) is 3.56. The zero-order chi connectivity index (χ0) is 17.5. The molecule has 0 saturated heterocycles. The molecule has 0 aliphatic rings. The molecule has 124 valence electrons. The number of hydrogen-bond acceptors (Lipinski definition) is 5. The van der Waals surface area contributed by atoms with Gasteiger partial charge in [0.15, 0.2) is 0 Å². The Morgan fingerprint density at radius 1 is 1.21 bits per heavy atom. The van der Waals surface area contributed by atoms with Gasteiger partial charge in [0, 0.05) is 19.5 Å². The molecule has 0 atom stereocenters. The van der Waals surface area contributed by atoms with E-state index < -0.39 is 16.0 Å². The molecule has 1 aromatic carbocycles. The van der Waals surface area contributed by atoms with Crippen LogP contribution in [0.3, 0.4) is 0 Å². The number of thiophene rings is 1. The molecule has 0 spiro atoms. The SMILES string of the molecule is CN(C)S(=O)(=O)c1ccc2nc(-c3cccs3)cc(C(=O)O)c2c1. The summed E-state index contributed by atoms with van der Waals surface area (Å²) in [5.41, 5.74) is 1.02. The number of aromatic nitrogens is 1. The van der Waals surface area contributed by atoms with Crippen LogP contribution in [0.4, 0.5) is 0 Å². The van der Waals surface area contributed by atoms with Gasteiger partial charge < -0.3 is 5.11 Å². The highest BCUT2D eigenvalue weighted by atomic mass is 32.2. The van der Waals surface area contributed by atoms with E-state index in [-0.39, 0.29) is 10.5 Å². The van der Waals surface area contributed by atoms with Crippen molar-refractivity contribution in [1.82, 2.24) is 9.29 Å². The number of hydrogen-bond donors (Lipinski definition) is 1. The summed E-state index contributed by atoms with van der Waals surface area (Å²) >= 11 is 1.46. The smallest absolute Gasteiger partial charge is 0.336 e. The van der Waals surface area contributed by atoms with Gasteiger partial charge in [0.1, 0.15) is 0 Å². The van der Waals surface area contributed by atoms with E-state index in [0.717, 1.165) is 9.18 Å². The molecule has 0 unspecified atom stereocenters. The minimum Gasteiger partial charge on any atom is -0.478 e. The number of carbonyl (C=O) groups is 1. The average Bonchev–Trinajstić information content (AvgIpc) is 3.07. The highest BCUT2D eigenvalue weighted by molar-refractivity contribution is 7.89. The molecule has 1 N–H and O–H groups in total. The lowest BCUT2D eigenvalue weighted by molar-refractivity contribution is 0.0699. The Balaban J connectivity index is 2.29. The van der Waals surface area contributed by atoms with E-state index in [1.54, 1.807) is 0 Å². The molecule has 3 rings (SSSR count). The lowest BCUT2D eigenvalue weighted by Gasteiger charge is -2.13. The summed E-state index contributed by atoms with van der Waals surface area (Å²) in [5.74, 6) is -1.13. The standard InChI is InChI=1S/C16H14N2O4S2/c1-18(2)24(21,22)10-5-6-13-11(8-10)12(16(19)20)9-14(17-13)15-4-3-7-23-15/h3-9H,1-2H3,(H,19,20). The van der Waals surface area contributed by atoms with Crippen molar-refractivity contribution >= 4 is 38.2 Å². The Hall–Kier alpha value is -2.29. The third kappa shape index (κ3) is 2.79. The molecule has 0 radical (unpaired) electrons. The monoisotopic (exact) mass is 362 g/mol. The fourth-order valence-corrected chi connectivity index (χ4v) is 3.92. The largest absolute Gasteiger partial charge is 0.478 e. The van der Waals surface area contributed by atoms with Crippen LogP contribution in [0.5, 0.6) is 0 Å². The fourth-order valence-electron chi connectivity index (χ4n) is 2.30. The molecular formula is C16H14N2O4S2. The van der Waals surface area contributed by atoms with Crippen molar-refractivity contribution in [3.63, 3.8) is 0 Å². The van der Waals surface area contributed by atoms with E-state index in [9.17, 15) is 18.3 Å². The van der Waals surface area contributed by atoms with Gasteiger partial charge in [-0.05, 0) is 35.7 Å². The van der Waals surface area contributed by atoms with Crippen LogP contribution in [-0.4, -0.2) is 42.9 Å². The zero-order valence-electron chi connectivity index (χ0n) is 12.9. The Labute approximate surface area is 143 Å². The van der Waals surface area contributed by atoms with Gasteiger partial charge in [-0.3, -0.25) is 0 Å². The van der Waals surface area contributed by atoms with Gasteiger partial charge >= 0.3 is 5.97 Å². The molecule has 2 heterocycles. The van der Waals surface area contributed by atoms with Crippen LogP contribution in [0.15, 0.2) is 46.7 Å². The third-order valence-corrected chi connectivity index (χ3v) is 6.27. The summed E-state index contributed by atoms with van der Waals surface area (Å²) < 4.78 is 25.6. The molecule has 0 saturated carbocycles. The van der Waals surface area contributed by atoms with Gasteiger partial charge in [0.2, 0.25) is 10.0 Å². The minimum atomic E-state index is -3.65. The summed E-state index contributed by atoms with van der Waals surface area (Å²) in [4.78, 5) is 17.0. The van der Waals surface area contributed by atoms with E-state index in [1.807, 2.05) is 17.5 Å². The Kier molecular flexibility index (Phi) is 4.12. The predicted molar refractivity (Wildman–Crippen MR) is 92.9 cm³/mol. The molecular weight excluding hydrogens is 348 g/mol. The van der Waals surface area contributed by atoms with Crippen LogP contribution in [0, 0.1) is 0 Å². The Morgan fingerprint density at radius 2 is 1.96 bits per heavy atom. The molecule has 2 aromatic heterocycles. The number of aromatic carboxylic acids is 1. The second-order valence-corrected chi connectivity index (χ2v) is 8.40. The van der Waals surface area contributed by atoms with E-state index >= 15 is 0 Å². The topological polar surface area (TPSA) is 87.6 Å². The van der Waals surface area contributed by atoms with Gasteiger partial charge in [-0.1, -0.05) is 6.07 Å². The molecule has 0 amide bonds. The second kappa shape index (κ2) is 5.97. The van der Waals surface area contributed by atoms with Crippen molar-refractivity contribution in [1.29, 1.82) is 0 Å². The highest BCUT2D eigenvalue weighted by Crippen LogP contribution is 2.29. The van der Waals surface area contributed by atoms with Gasteiger partial charge in [-0.15, -0.1) is 11.3 Å². The minimum absolute atomic E-state index is 0.0270. The summed E-state index contributed by atoms with van der Waals surface area (Å²) in [6.45, 7) is 0. The van der Waals surface area contributed by atoms with Crippen molar-refractivity contribution < 1.29 is 18.3 Å². The van der Waals surface area contributed by atoms with E-state index in [0.29, 0.717) is 16.6 Å². The van der Waals surface area contributed by atoms with Gasteiger partial charge in [0.25, 0.3) is 0 Å². The summed E-state index contributed by atoms with van der Waals surface area (Å²) in [6.07, 6.45) is 0. The van der Waals surface area contributed by atoms with E-state index in [1.165, 1.54) is 49.7 Å². The molecule has 0 aliphatic heterocycles. The van der Waals surface area contributed by atoms with Crippen LogP contribution in [-0.2, 0) is 10.0 Å². The van der Waals surface area contributed by atoms with Crippen molar-refractivity contribution in [3.05, 3.63) is 47.3 Å². The lowest BCUT2D eigenvalue weighted by atomic mass is 10.1. The second-order valence-electron chi connectivity index (χ2n) is 5.30. The fraction of sp³-hybridized carbons (Fsp3) is 0.125. The van der Waals surface area contributed by atoms with Crippen molar-refractivity contribution in [2.24, 2.45) is 0 Å². The first-order valence-electron chi connectivity index (χ1n) is 6.95. The molecule has 0 fully saturated rings. The Morgan fingerprint density at radius 3 is 2.54 bits per heavy atom. The van der Waals surface area contributed by atoms with Crippen molar-refractivity contribution in [2.45, 2.75) is 4.90 Å². The zero-order valence-corrected chi connectivity index (χ0v) is 14.6. The number of nitrogens with zero attached hydrogens (tertiary/aromatic N) is 2. The maximum Gasteiger partial charge on any atom is 0.336 e.